The lowest BCUT2D eigenvalue weighted by Crippen LogP contribution is -2.43. The minimum atomic E-state index is -0.210. The number of hydrogen-bond acceptors (Lipinski definition) is 4. The topological polar surface area (TPSA) is 71.0 Å². The summed E-state index contributed by atoms with van der Waals surface area (Å²) in [4.78, 5) is 32.1. The summed E-state index contributed by atoms with van der Waals surface area (Å²) in [5.74, 6) is 0.304. The Bertz CT molecular complexity index is 938. The molecule has 2 aromatic carbocycles. The van der Waals surface area contributed by atoms with Crippen molar-refractivity contribution in [1.29, 1.82) is 0 Å². The Morgan fingerprint density at radius 1 is 1.25 bits per heavy atom. The molecule has 4 rings (SSSR count). The molecule has 144 valence electrons. The third-order valence-corrected chi connectivity index (χ3v) is 5.25. The lowest BCUT2D eigenvalue weighted by atomic mass is 10.1. The molecule has 1 aliphatic carbocycles. The number of rotatable bonds is 5. The fourth-order valence-corrected chi connectivity index (χ4v) is 3.82. The normalized spacial score (nSPS) is 18.0. The van der Waals surface area contributed by atoms with Crippen LogP contribution in [0.5, 0.6) is 5.75 Å². The van der Waals surface area contributed by atoms with Gasteiger partial charge >= 0.3 is 0 Å². The van der Waals surface area contributed by atoms with Crippen molar-refractivity contribution < 1.29 is 14.3 Å². The number of fused-ring (bicyclic) bond motifs is 2. The highest BCUT2D eigenvalue weighted by Gasteiger charge is 2.36. The summed E-state index contributed by atoms with van der Waals surface area (Å²) in [6.07, 6.45) is 2.61. The van der Waals surface area contributed by atoms with E-state index in [0.29, 0.717) is 12.2 Å². The summed E-state index contributed by atoms with van der Waals surface area (Å²) in [5.41, 5.74) is 3.34. The number of amides is 2. The molecule has 0 aromatic heterocycles. The van der Waals surface area contributed by atoms with Gasteiger partial charge in [0.2, 0.25) is 11.8 Å². The van der Waals surface area contributed by atoms with Gasteiger partial charge in [-0.15, -0.1) is 0 Å². The van der Waals surface area contributed by atoms with Crippen molar-refractivity contribution in [3.8, 4) is 5.75 Å². The largest absolute Gasteiger partial charge is 0.497 e. The van der Waals surface area contributed by atoms with E-state index in [9.17, 15) is 9.59 Å². The molecule has 6 heteroatoms. The quantitative estimate of drug-likeness (QED) is 0.870. The Labute approximate surface area is 164 Å². The average molecular weight is 377 g/mol. The number of nitrogens with zero attached hydrogens (tertiary/aromatic N) is 2. The Morgan fingerprint density at radius 3 is 2.96 bits per heavy atom. The van der Waals surface area contributed by atoms with E-state index < -0.39 is 0 Å². The summed E-state index contributed by atoms with van der Waals surface area (Å²) in [5, 5.41) is 2.90. The van der Waals surface area contributed by atoms with Gasteiger partial charge in [-0.3, -0.25) is 14.6 Å². The summed E-state index contributed by atoms with van der Waals surface area (Å²) in [6, 6.07) is 15.1. The van der Waals surface area contributed by atoms with Crippen LogP contribution in [0.4, 0.5) is 11.4 Å². The SMILES string of the molecule is COc1cccc(CNC(=O)CN2C(=O)[C@@H]3CCCC3=Nc3ccccc32)c1. The molecule has 1 aliphatic heterocycles. The minimum absolute atomic E-state index is 0.0148. The van der Waals surface area contributed by atoms with Gasteiger partial charge < -0.3 is 15.0 Å². The van der Waals surface area contributed by atoms with Crippen molar-refractivity contribution in [3.05, 3.63) is 54.1 Å². The van der Waals surface area contributed by atoms with Gasteiger partial charge in [-0.05, 0) is 49.1 Å². The second kappa shape index (κ2) is 7.84. The van der Waals surface area contributed by atoms with E-state index in [-0.39, 0.29) is 24.3 Å². The van der Waals surface area contributed by atoms with Crippen molar-refractivity contribution in [2.75, 3.05) is 18.6 Å². The summed E-state index contributed by atoms with van der Waals surface area (Å²) < 4.78 is 5.21. The predicted molar refractivity (Wildman–Crippen MR) is 108 cm³/mol. The number of ether oxygens (including phenoxy) is 1. The fraction of sp³-hybridized carbons (Fsp3) is 0.318. The van der Waals surface area contributed by atoms with Crippen LogP contribution in [0.2, 0.25) is 0 Å². The van der Waals surface area contributed by atoms with E-state index >= 15 is 0 Å². The third kappa shape index (κ3) is 3.63. The molecule has 28 heavy (non-hydrogen) atoms. The van der Waals surface area contributed by atoms with Gasteiger partial charge in [-0.2, -0.15) is 0 Å². The molecule has 1 N–H and O–H groups in total. The van der Waals surface area contributed by atoms with Crippen molar-refractivity contribution in [1.82, 2.24) is 5.32 Å². The van der Waals surface area contributed by atoms with Gasteiger partial charge in [0, 0.05) is 12.3 Å². The summed E-state index contributed by atoms with van der Waals surface area (Å²) in [6.45, 7) is 0.365. The van der Waals surface area contributed by atoms with Crippen LogP contribution in [0.15, 0.2) is 53.5 Å². The van der Waals surface area contributed by atoms with Crippen molar-refractivity contribution in [2.45, 2.75) is 25.8 Å². The Kier molecular flexibility index (Phi) is 5.10. The van der Waals surface area contributed by atoms with Crippen LogP contribution < -0.4 is 15.0 Å². The zero-order valence-electron chi connectivity index (χ0n) is 15.9. The number of methoxy groups -OCH3 is 1. The summed E-state index contributed by atoms with van der Waals surface area (Å²) in [7, 11) is 1.61. The first-order valence-electron chi connectivity index (χ1n) is 9.53. The molecule has 1 saturated carbocycles. The summed E-state index contributed by atoms with van der Waals surface area (Å²) >= 11 is 0. The predicted octanol–water partition coefficient (Wildman–Crippen LogP) is 3.23. The zero-order valence-corrected chi connectivity index (χ0v) is 15.9. The van der Waals surface area contributed by atoms with Crippen molar-refractivity contribution >= 4 is 28.9 Å². The maximum Gasteiger partial charge on any atom is 0.240 e. The number of carbonyl (C=O) groups excluding carboxylic acids is 2. The molecule has 0 spiro atoms. The highest BCUT2D eigenvalue weighted by Crippen LogP contribution is 2.37. The van der Waals surface area contributed by atoms with E-state index in [4.69, 9.17) is 9.73 Å². The second-order valence-corrected chi connectivity index (χ2v) is 7.09. The third-order valence-electron chi connectivity index (χ3n) is 5.25. The number of hydrogen-bond donors (Lipinski definition) is 1. The molecule has 0 unspecified atom stereocenters. The smallest absolute Gasteiger partial charge is 0.240 e. The number of aliphatic imine (C=N–C) groups is 1. The van der Waals surface area contributed by atoms with Crippen LogP contribution in [0, 0.1) is 5.92 Å². The van der Waals surface area contributed by atoms with E-state index in [0.717, 1.165) is 42.0 Å². The number of carbonyl (C=O) groups is 2. The molecule has 2 aliphatic rings. The monoisotopic (exact) mass is 377 g/mol. The average Bonchev–Trinajstić information content (AvgIpc) is 3.15. The van der Waals surface area contributed by atoms with Gasteiger partial charge in [0.05, 0.1) is 24.4 Å². The van der Waals surface area contributed by atoms with Crippen LogP contribution in [-0.4, -0.2) is 31.2 Å². The molecule has 0 bridgehead atoms. The van der Waals surface area contributed by atoms with E-state index in [1.165, 1.54) is 0 Å². The molecule has 1 atom stereocenters. The fourth-order valence-electron chi connectivity index (χ4n) is 3.82. The Morgan fingerprint density at radius 2 is 2.11 bits per heavy atom. The molecule has 2 amide bonds. The van der Waals surface area contributed by atoms with Crippen molar-refractivity contribution in [3.63, 3.8) is 0 Å². The van der Waals surface area contributed by atoms with Gasteiger partial charge in [0.1, 0.15) is 12.3 Å². The molecule has 0 saturated heterocycles. The van der Waals surface area contributed by atoms with Gasteiger partial charge in [0.15, 0.2) is 0 Å². The molecule has 1 fully saturated rings. The number of para-hydroxylation sites is 2. The molecule has 2 aromatic rings. The van der Waals surface area contributed by atoms with Crippen LogP contribution in [0.3, 0.4) is 0 Å². The van der Waals surface area contributed by atoms with Crippen LogP contribution >= 0.6 is 0 Å². The zero-order chi connectivity index (χ0) is 19.5. The first-order chi connectivity index (χ1) is 13.7. The van der Waals surface area contributed by atoms with Crippen LogP contribution in [0.1, 0.15) is 24.8 Å². The molecular weight excluding hydrogens is 354 g/mol. The van der Waals surface area contributed by atoms with Crippen LogP contribution in [-0.2, 0) is 16.1 Å². The van der Waals surface area contributed by atoms with E-state index in [2.05, 4.69) is 5.32 Å². The molecule has 6 nitrogen and oxygen atoms in total. The van der Waals surface area contributed by atoms with Crippen molar-refractivity contribution in [2.24, 2.45) is 10.9 Å². The van der Waals surface area contributed by atoms with E-state index in [1.54, 1.807) is 12.0 Å². The minimum Gasteiger partial charge on any atom is -0.497 e. The molecule has 1 heterocycles. The van der Waals surface area contributed by atoms with E-state index in [1.807, 2.05) is 48.5 Å². The number of nitrogens with one attached hydrogen (secondary N) is 1. The van der Waals surface area contributed by atoms with Gasteiger partial charge in [-0.1, -0.05) is 24.3 Å². The number of anilines is 1. The van der Waals surface area contributed by atoms with Crippen LogP contribution in [0.25, 0.3) is 0 Å². The Balaban J connectivity index is 1.50. The maximum absolute atomic E-state index is 13.1. The first kappa shape index (κ1) is 18.2. The highest BCUT2D eigenvalue weighted by molar-refractivity contribution is 6.16. The second-order valence-electron chi connectivity index (χ2n) is 7.09. The standard InChI is InChI=1S/C22H23N3O3/c1-28-16-7-4-6-15(12-16)13-23-21(26)14-25-20-11-3-2-9-19(20)24-18-10-5-8-17(18)22(25)27/h2-4,6-7,9,11-12,17H,5,8,10,13-14H2,1H3,(H,23,26)/t17-/m1/s1. The first-order valence-corrected chi connectivity index (χ1v) is 9.53. The molecule has 0 radical (unpaired) electrons. The van der Waals surface area contributed by atoms with Gasteiger partial charge in [0.25, 0.3) is 0 Å². The lowest BCUT2D eigenvalue weighted by molar-refractivity contribution is -0.124. The lowest BCUT2D eigenvalue weighted by Gasteiger charge is -2.24. The maximum atomic E-state index is 13.1. The number of benzene rings is 2. The Hall–Kier alpha value is -3.15. The molecular formula is C22H23N3O3. The van der Waals surface area contributed by atoms with Gasteiger partial charge in [-0.25, -0.2) is 0 Å². The highest BCUT2D eigenvalue weighted by atomic mass is 16.5.